The Morgan fingerprint density at radius 1 is 1.00 bits per heavy atom. The quantitative estimate of drug-likeness (QED) is 0.827. The maximum atomic E-state index is 12.4. The molecule has 0 unspecified atom stereocenters. The van der Waals surface area contributed by atoms with Crippen LogP contribution in [-0.2, 0) is 6.18 Å². The van der Waals surface area contributed by atoms with E-state index in [2.05, 4.69) is 10.2 Å². The molecule has 0 aliphatic heterocycles. The van der Waals surface area contributed by atoms with E-state index in [9.17, 15) is 13.2 Å². The number of rotatable bonds is 2. The average Bonchev–Trinajstić information content (AvgIpc) is 2.35. The van der Waals surface area contributed by atoms with Gasteiger partial charge in [0.15, 0.2) is 5.69 Å². The van der Waals surface area contributed by atoms with E-state index in [0.29, 0.717) is 5.75 Å². The Balaban J connectivity index is 2.27. The van der Waals surface area contributed by atoms with Gasteiger partial charge < -0.3 is 4.74 Å². The number of aryl methyl sites for hydroxylation is 2. The van der Waals surface area contributed by atoms with Crippen molar-refractivity contribution in [3.05, 3.63) is 46.6 Å². The van der Waals surface area contributed by atoms with E-state index in [1.165, 1.54) is 0 Å². The molecule has 1 heterocycles. The molecule has 106 valence electrons. The Bertz CT molecular complexity index is 622. The van der Waals surface area contributed by atoms with E-state index in [-0.39, 0.29) is 5.88 Å². The van der Waals surface area contributed by atoms with Crippen molar-refractivity contribution in [3.8, 4) is 11.6 Å². The Morgan fingerprint density at radius 3 is 2.25 bits per heavy atom. The van der Waals surface area contributed by atoms with Crippen LogP contribution in [0.25, 0.3) is 0 Å². The molecule has 0 saturated heterocycles. The molecule has 0 bridgehead atoms. The molecule has 1 aromatic heterocycles. The molecule has 0 amide bonds. The van der Waals surface area contributed by atoms with Gasteiger partial charge in [0.25, 0.3) is 0 Å². The molecule has 1 aromatic carbocycles. The molecule has 3 nitrogen and oxygen atoms in total. The fraction of sp³-hybridized carbons (Fsp3) is 0.286. The fourth-order valence-electron chi connectivity index (χ4n) is 1.75. The summed E-state index contributed by atoms with van der Waals surface area (Å²) in [5.41, 5.74) is 1.92. The zero-order valence-corrected chi connectivity index (χ0v) is 11.2. The van der Waals surface area contributed by atoms with Gasteiger partial charge in [-0.25, -0.2) is 0 Å². The predicted molar refractivity (Wildman–Crippen MR) is 67.8 cm³/mol. The van der Waals surface area contributed by atoms with Gasteiger partial charge in [0.1, 0.15) is 5.75 Å². The van der Waals surface area contributed by atoms with Gasteiger partial charge in [-0.05, 0) is 49.6 Å². The highest BCUT2D eigenvalue weighted by atomic mass is 19.4. The van der Waals surface area contributed by atoms with Gasteiger partial charge in [-0.1, -0.05) is 6.07 Å². The largest absolute Gasteiger partial charge is 0.437 e. The van der Waals surface area contributed by atoms with Crippen LogP contribution in [0.4, 0.5) is 13.2 Å². The zero-order valence-electron chi connectivity index (χ0n) is 11.2. The first-order chi connectivity index (χ1) is 9.27. The number of benzene rings is 1. The van der Waals surface area contributed by atoms with E-state index >= 15 is 0 Å². The summed E-state index contributed by atoms with van der Waals surface area (Å²) in [7, 11) is 0. The molecule has 2 aromatic rings. The highest BCUT2D eigenvalue weighted by molar-refractivity contribution is 5.43. The molecule has 0 aliphatic rings. The normalized spacial score (nSPS) is 11.5. The Hall–Kier alpha value is -2.11. The minimum absolute atomic E-state index is 0.0334. The molecule has 0 fully saturated rings. The van der Waals surface area contributed by atoms with E-state index in [4.69, 9.17) is 4.74 Å². The number of halogens is 3. The summed E-state index contributed by atoms with van der Waals surface area (Å²) in [6, 6.07) is 5.82. The second kappa shape index (κ2) is 5.11. The van der Waals surface area contributed by atoms with Crippen molar-refractivity contribution in [2.45, 2.75) is 26.9 Å². The summed E-state index contributed by atoms with van der Waals surface area (Å²) in [4.78, 5) is 0. The summed E-state index contributed by atoms with van der Waals surface area (Å²) in [5, 5.41) is 6.57. The third kappa shape index (κ3) is 3.07. The van der Waals surface area contributed by atoms with Crippen LogP contribution >= 0.6 is 0 Å². The lowest BCUT2D eigenvalue weighted by Crippen LogP contribution is -2.09. The van der Waals surface area contributed by atoms with Gasteiger partial charge in [0, 0.05) is 6.07 Å². The molecule has 2 rings (SSSR count). The van der Waals surface area contributed by atoms with Crippen molar-refractivity contribution in [1.82, 2.24) is 10.2 Å². The van der Waals surface area contributed by atoms with Crippen molar-refractivity contribution < 1.29 is 17.9 Å². The van der Waals surface area contributed by atoms with Crippen molar-refractivity contribution in [2.75, 3.05) is 0 Å². The number of alkyl halides is 3. The van der Waals surface area contributed by atoms with Gasteiger partial charge >= 0.3 is 6.18 Å². The van der Waals surface area contributed by atoms with E-state index in [0.717, 1.165) is 28.8 Å². The third-order valence-corrected chi connectivity index (χ3v) is 2.91. The summed E-state index contributed by atoms with van der Waals surface area (Å²) in [6.45, 7) is 5.73. The number of hydrogen-bond donors (Lipinski definition) is 0. The van der Waals surface area contributed by atoms with Crippen LogP contribution in [-0.4, -0.2) is 10.2 Å². The summed E-state index contributed by atoms with van der Waals surface area (Å²) in [5.74, 6) is 0.600. The number of aromatic nitrogens is 2. The molecule has 6 heteroatoms. The van der Waals surface area contributed by atoms with Gasteiger partial charge in [0.2, 0.25) is 5.88 Å². The van der Waals surface area contributed by atoms with Gasteiger partial charge in [-0.15, -0.1) is 10.2 Å². The van der Waals surface area contributed by atoms with Crippen LogP contribution < -0.4 is 4.74 Å². The summed E-state index contributed by atoms with van der Waals surface area (Å²) in [6.07, 6.45) is -4.50. The van der Waals surface area contributed by atoms with Crippen molar-refractivity contribution in [3.63, 3.8) is 0 Å². The molecule has 0 N–H and O–H groups in total. The van der Waals surface area contributed by atoms with Crippen LogP contribution in [0.5, 0.6) is 11.6 Å². The van der Waals surface area contributed by atoms with Gasteiger partial charge in [-0.3, -0.25) is 0 Å². The second-order valence-corrected chi connectivity index (χ2v) is 4.56. The Morgan fingerprint density at radius 2 is 1.70 bits per heavy atom. The number of ether oxygens (including phenoxy) is 1. The van der Waals surface area contributed by atoms with Crippen molar-refractivity contribution in [1.29, 1.82) is 0 Å². The van der Waals surface area contributed by atoms with Gasteiger partial charge in [-0.2, -0.15) is 13.2 Å². The second-order valence-electron chi connectivity index (χ2n) is 4.56. The lowest BCUT2D eigenvalue weighted by Gasteiger charge is -2.11. The van der Waals surface area contributed by atoms with Crippen LogP contribution in [0, 0.1) is 20.8 Å². The highest BCUT2D eigenvalue weighted by Crippen LogP contribution is 2.30. The predicted octanol–water partition coefficient (Wildman–Crippen LogP) is 4.21. The molecule has 0 aliphatic carbocycles. The minimum Gasteiger partial charge on any atom is -0.437 e. The summed E-state index contributed by atoms with van der Waals surface area (Å²) >= 11 is 0. The third-order valence-electron chi connectivity index (χ3n) is 2.91. The standard InChI is InChI=1S/C14H13F3N2O/c1-8-6-9(2)10(3)11(7-8)20-13-5-4-12(18-19-13)14(15,16)17/h4-7H,1-3H3. The first-order valence-corrected chi connectivity index (χ1v) is 5.94. The highest BCUT2D eigenvalue weighted by Gasteiger charge is 2.33. The van der Waals surface area contributed by atoms with E-state index < -0.39 is 11.9 Å². The maximum absolute atomic E-state index is 12.4. The van der Waals surface area contributed by atoms with Crippen LogP contribution in [0.2, 0.25) is 0 Å². The number of nitrogens with zero attached hydrogens (tertiary/aromatic N) is 2. The Kier molecular flexibility index (Phi) is 3.65. The molecule has 0 saturated carbocycles. The molecule has 0 radical (unpaired) electrons. The maximum Gasteiger partial charge on any atom is 0.435 e. The first-order valence-electron chi connectivity index (χ1n) is 5.94. The van der Waals surface area contributed by atoms with Crippen molar-refractivity contribution in [2.24, 2.45) is 0 Å². The SMILES string of the molecule is Cc1cc(C)c(C)c(Oc2ccc(C(F)(F)F)nn2)c1. The topological polar surface area (TPSA) is 35.0 Å². The van der Waals surface area contributed by atoms with Gasteiger partial charge in [0.05, 0.1) is 0 Å². The molecule has 20 heavy (non-hydrogen) atoms. The van der Waals surface area contributed by atoms with Crippen LogP contribution in [0.15, 0.2) is 24.3 Å². The summed E-state index contributed by atoms with van der Waals surface area (Å²) < 4.78 is 42.6. The lowest BCUT2D eigenvalue weighted by molar-refractivity contribution is -0.141. The lowest BCUT2D eigenvalue weighted by atomic mass is 10.1. The number of hydrogen-bond acceptors (Lipinski definition) is 3. The average molecular weight is 282 g/mol. The molecular formula is C14H13F3N2O. The van der Waals surface area contributed by atoms with Crippen LogP contribution in [0.3, 0.4) is 0 Å². The Labute approximate surface area is 114 Å². The van der Waals surface area contributed by atoms with Crippen molar-refractivity contribution >= 4 is 0 Å². The monoisotopic (exact) mass is 282 g/mol. The minimum atomic E-state index is -4.50. The molecule has 0 atom stereocenters. The van der Waals surface area contributed by atoms with Crippen LogP contribution in [0.1, 0.15) is 22.4 Å². The first kappa shape index (κ1) is 14.3. The van der Waals surface area contributed by atoms with E-state index in [1.54, 1.807) is 0 Å². The molecule has 0 spiro atoms. The van der Waals surface area contributed by atoms with E-state index in [1.807, 2.05) is 32.9 Å². The smallest absolute Gasteiger partial charge is 0.435 e. The fourth-order valence-corrected chi connectivity index (χ4v) is 1.75. The zero-order chi connectivity index (χ0) is 14.9. The molecular weight excluding hydrogens is 269 g/mol.